The zero-order chi connectivity index (χ0) is 44.9. The monoisotopic (exact) mass is 958 g/mol. The van der Waals surface area contributed by atoms with Crippen molar-refractivity contribution in [2.75, 3.05) is 18.0 Å². The summed E-state index contributed by atoms with van der Waals surface area (Å²) in [5, 5.41) is 10.1. The van der Waals surface area contributed by atoms with Crippen molar-refractivity contribution >= 4 is 16.8 Å². The molecule has 10 rings (SSSR count). The van der Waals surface area contributed by atoms with Crippen LogP contribution in [0, 0.1) is 18.3 Å². The van der Waals surface area contributed by atoms with Crippen LogP contribution in [0.5, 0.6) is 5.75 Å². The predicted octanol–water partition coefficient (Wildman–Crippen LogP) is 12.1. The Hall–Kier alpha value is -6.90. The summed E-state index contributed by atoms with van der Waals surface area (Å²) in [7, 11) is 0. The van der Waals surface area contributed by atoms with E-state index in [1.54, 1.807) is 49.2 Å². The number of ether oxygens (including phenoxy) is 1. The van der Waals surface area contributed by atoms with Crippen LogP contribution in [0.25, 0.3) is 45.3 Å². The fraction of sp³-hybridized carbons (Fsp3) is 0.212. The van der Waals surface area contributed by atoms with Crippen molar-refractivity contribution in [3.8, 4) is 46.0 Å². The first-order chi connectivity index (χ1) is 31.2. The van der Waals surface area contributed by atoms with Crippen LogP contribution in [0.4, 0.5) is 18.9 Å². The quantitative estimate of drug-likeness (QED) is 0.126. The maximum Gasteiger partial charge on any atom is 0.417 e. The first-order valence-electron chi connectivity index (χ1n) is 21.3. The van der Waals surface area contributed by atoms with Crippen LogP contribution in [0.3, 0.4) is 0 Å². The summed E-state index contributed by atoms with van der Waals surface area (Å²) in [6.45, 7) is 7.96. The van der Waals surface area contributed by atoms with Gasteiger partial charge in [-0.3, -0.25) is 29.9 Å². The van der Waals surface area contributed by atoms with Gasteiger partial charge in [-0.05, 0) is 134 Å². The van der Waals surface area contributed by atoms with Crippen LogP contribution >= 0.6 is 0 Å². The molecule has 6 aromatic heterocycles. The molecule has 0 bridgehead atoms. The smallest absolute Gasteiger partial charge is 0.417 e. The fourth-order valence-corrected chi connectivity index (χ4v) is 7.57. The molecule has 330 valence electrons. The van der Waals surface area contributed by atoms with Crippen molar-refractivity contribution in [3.05, 3.63) is 180 Å². The molecule has 0 saturated heterocycles. The number of benzene rings is 1. The number of allylic oxidation sites excluding steroid dienone is 3. The van der Waals surface area contributed by atoms with Crippen LogP contribution in [-0.4, -0.2) is 49.2 Å². The van der Waals surface area contributed by atoms with Crippen molar-refractivity contribution in [3.63, 3.8) is 0 Å². The molecule has 9 nitrogen and oxygen atoms in total. The third kappa shape index (κ3) is 11.8. The van der Waals surface area contributed by atoms with Gasteiger partial charge in [-0.2, -0.15) is 18.4 Å². The van der Waals surface area contributed by atoms with E-state index in [4.69, 9.17) is 4.74 Å². The molecule has 0 fully saturated rings. The average molecular weight is 958 g/mol. The Morgan fingerprint density at radius 2 is 1.15 bits per heavy atom. The predicted molar refractivity (Wildman–Crippen MR) is 246 cm³/mol. The summed E-state index contributed by atoms with van der Waals surface area (Å²) < 4.78 is 49.4. The molecule has 1 aromatic carbocycles. The minimum Gasteiger partial charge on any atom is -0.455 e. The van der Waals surface area contributed by atoms with Crippen LogP contribution in [0.15, 0.2) is 152 Å². The van der Waals surface area contributed by atoms with Crippen molar-refractivity contribution in [1.82, 2.24) is 29.9 Å². The minimum atomic E-state index is -4.61. The van der Waals surface area contributed by atoms with E-state index in [0.717, 1.165) is 83.6 Å². The second kappa shape index (κ2) is 22.6. The number of anilines is 1. The number of pyridine rings is 6. The number of nitriles is 1. The van der Waals surface area contributed by atoms with E-state index in [-0.39, 0.29) is 42.1 Å². The van der Waals surface area contributed by atoms with Gasteiger partial charge in [0.15, 0.2) is 0 Å². The molecule has 0 N–H and O–H groups in total. The van der Waals surface area contributed by atoms with Gasteiger partial charge >= 0.3 is 6.18 Å². The van der Waals surface area contributed by atoms with Gasteiger partial charge in [0.2, 0.25) is 0 Å². The number of hydrogen-bond donors (Lipinski definition) is 0. The Labute approximate surface area is 390 Å². The molecule has 9 heterocycles. The summed E-state index contributed by atoms with van der Waals surface area (Å²) in [5.74, 6) is 0.110. The first-order valence-corrected chi connectivity index (χ1v) is 21.3. The van der Waals surface area contributed by atoms with Crippen LogP contribution in [-0.2, 0) is 32.3 Å². The molecular weight excluding hydrogens is 911 g/mol. The SMILES string of the molecule is CCC.Cc1ccnc(-c2cc(/C(C#N)=C3/C=C(C(F)(F)F)c4cc5c6c(c4O3)CCCN6CCC5)ccn2)c1.[Ru].c1ccc(-c2ccccn2)nc1.c1ccc(-c2ccccn2)nc1. The van der Waals surface area contributed by atoms with Crippen molar-refractivity contribution in [2.45, 2.75) is 59.1 Å². The van der Waals surface area contributed by atoms with E-state index < -0.39 is 11.7 Å². The van der Waals surface area contributed by atoms with Gasteiger partial charge < -0.3 is 9.64 Å². The molecule has 0 unspecified atom stereocenters. The number of aryl methyl sites for hydroxylation is 2. The van der Waals surface area contributed by atoms with E-state index in [9.17, 15) is 18.4 Å². The van der Waals surface area contributed by atoms with E-state index in [1.165, 1.54) is 12.6 Å². The largest absolute Gasteiger partial charge is 0.455 e. The third-order valence-electron chi connectivity index (χ3n) is 10.3. The summed E-state index contributed by atoms with van der Waals surface area (Å²) in [4.78, 5) is 27.7. The molecule has 3 aliphatic heterocycles. The van der Waals surface area contributed by atoms with Crippen molar-refractivity contribution < 1.29 is 37.4 Å². The van der Waals surface area contributed by atoms with E-state index >= 15 is 0 Å². The van der Waals surface area contributed by atoms with Crippen molar-refractivity contribution in [1.29, 1.82) is 5.26 Å². The molecule has 0 spiro atoms. The Morgan fingerprint density at radius 3 is 1.63 bits per heavy atom. The number of alkyl halides is 3. The van der Waals surface area contributed by atoms with E-state index in [0.29, 0.717) is 23.4 Å². The zero-order valence-electron chi connectivity index (χ0n) is 36.3. The number of fused-ring (bicyclic) bond motifs is 2. The molecule has 0 saturated carbocycles. The third-order valence-corrected chi connectivity index (χ3v) is 10.3. The van der Waals surface area contributed by atoms with Gasteiger partial charge in [0.1, 0.15) is 23.2 Å². The van der Waals surface area contributed by atoms with Gasteiger partial charge in [0.05, 0.1) is 39.7 Å². The summed E-state index contributed by atoms with van der Waals surface area (Å²) in [6, 6.07) is 33.9. The maximum absolute atomic E-state index is 14.4. The molecule has 3 aliphatic rings. The van der Waals surface area contributed by atoms with Gasteiger partial charge in [-0.25, -0.2) is 0 Å². The van der Waals surface area contributed by atoms with E-state index in [1.807, 2.05) is 91.9 Å². The van der Waals surface area contributed by atoms with Crippen LogP contribution < -0.4 is 9.64 Å². The Bertz CT molecular complexity index is 2610. The molecule has 7 aromatic rings. The molecule has 0 amide bonds. The second-order valence-electron chi connectivity index (χ2n) is 15.2. The van der Waals surface area contributed by atoms with Gasteiger partial charge in [0, 0.05) is 86.6 Å². The topological polar surface area (TPSA) is 114 Å². The zero-order valence-corrected chi connectivity index (χ0v) is 38.0. The molecule has 13 heteroatoms. The number of hydrogen-bond acceptors (Lipinski definition) is 9. The molecule has 0 radical (unpaired) electrons. The number of aromatic nitrogens is 6. The molecular formula is C52H47F3N8ORu. The van der Waals surface area contributed by atoms with E-state index in [2.05, 4.69) is 54.7 Å². The first kappa shape index (κ1) is 47.6. The summed E-state index contributed by atoms with van der Waals surface area (Å²) >= 11 is 0. The molecule has 65 heavy (non-hydrogen) atoms. The number of halogens is 3. The standard InChI is InChI=1S/C29H23F3N4O.2C10H8N2.C3H8.Ru/c1-17-6-8-34-24(12-17)25-14-18(7-9-35-25)22(16-33)26-15-23(29(30,31)32)21-13-19-4-2-10-36-11-3-5-20(27(19)36)28(21)37-26;2*1-3-7-11-9(5-1)10-6-2-4-8-12-10;1-3-2;/h6-9,12-15H,2-5,10-11H2,1H3;2*1-8H;3H2,1-2H3;/b26-22-;;;;. The Morgan fingerprint density at radius 1 is 0.662 bits per heavy atom. The average Bonchev–Trinajstić information content (AvgIpc) is 3.33. The number of nitrogens with zero attached hydrogens (tertiary/aromatic N) is 8. The summed E-state index contributed by atoms with van der Waals surface area (Å²) in [5.41, 5.74) is 8.25. The van der Waals surface area contributed by atoms with Crippen LogP contribution in [0.2, 0.25) is 0 Å². The summed E-state index contributed by atoms with van der Waals surface area (Å²) in [6.07, 6.45) is 11.0. The van der Waals surface area contributed by atoms with Gasteiger partial charge in [0.25, 0.3) is 0 Å². The van der Waals surface area contributed by atoms with Gasteiger partial charge in [-0.15, -0.1) is 0 Å². The van der Waals surface area contributed by atoms with Crippen LogP contribution in [0.1, 0.15) is 60.9 Å². The van der Waals surface area contributed by atoms with Crippen molar-refractivity contribution in [2.24, 2.45) is 0 Å². The minimum absolute atomic E-state index is 0. The fourth-order valence-electron chi connectivity index (χ4n) is 7.57. The maximum atomic E-state index is 14.4. The number of rotatable bonds is 4. The molecule has 0 atom stereocenters. The molecule has 0 aliphatic carbocycles. The Balaban J connectivity index is 0.000000202. The second-order valence-corrected chi connectivity index (χ2v) is 15.2. The Kier molecular flexibility index (Phi) is 16.6. The van der Waals surface area contributed by atoms with Gasteiger partial charge in [-0.1, -0.05) is 44.5 Å². The normalized spacial score (nSPS) is 13.9.